The summed E-state index contributed by atoms with van der Waals surface area (Å²) in [5.74, 6) is 0.835. The number of nitrogens with zero attached hydrogens (tertiary/aromatic N) is 2. The van der Waals surface area contributed by atoms with Gasteiger partial charge in [0.15, 0.2) is 0 Å². The van der Waals surface area contributed by atoms with Gasteiger partial charge in [-0.2, -0.15) is 18.2 Å². The van der Waals surface area contributed by atoms with E-state index in [9.17, 15) is 19.2 Å². The Morgan fingerprint density at radius 3 is 1.33 bits per heavy atom. The quantitative estimate of drug-likeness (QED) is 0.253. The van der Waals surface area contributed by atoms with Crippen molar-refractivity contribution in [1.29, 1.82) is 0 Å². The van der Waals surface area contributed by atoms with Crippen LogP contribution in [0.5, 0.6) is 11.5 Å². The SMILES string of the molecule is C.C.CC(=O)NC[C@@H]1OC(=O)N2c3c[c-]c(B4OC(C)(C)C(C)(C)O4)cc3OC[C@@H]12.CC(=O)NC[C@@H]1OC(=O)N2c3c[c-]c(Br)cc3OC[C@@H]12.CC1(C)OB(B2OC(C)(C)C(C)(C)O2)OC1(C)C.[U].[U]. The van der Waals surface area contributed by atoms with Gasteiger partial charge in [-0.15, -0.1) is 23.7 Å². The third kappa shape index (κ3) is 12.6. The second-order valence-corrected chi connectivity index (χ2v) is 21.1. The molecule has 2 aromatic rings. The van der Waals surface area contributed by atoms with E-state index in [1.807, 2.05) is 83.1 Å². The number of carbonyl (C=O) groups excluding carboxylic acids is 4. The number of ether oxygens (including phenoxy) is 4. The summed E-state index contributed by atoms with van der Waals surface area (Å²) in [4.78, 5) is 49.7. The van der Waals surface area contributed by atoms with Crippen LogP contribution in [0.3, 0.4) is 0 Å². The first-order valence-electron chi connectivity index (χ1n) is 22.1. The Labute approximate surface area is 471 Å². The minimum atomic E-state index is -0.560. The summed E-state index contributed by atoms with van der Waals surface area (Å²) in [6.45, 7) is 28.1. The number of hydrogen-bond donors (Lipinski definition) is 2. The van der Waals surface area contributed by atoms with Gasteiger partial charge in [0.05, 0.1) is 46.7 Å². The summed E-state index contributed by atoms with van der Waals surface area (Å²) in [6.07, 6.45) is -1.76. The van der Waals surface area contributed by atoms with Gasteiger partial charge in [-0.05, 0) is 94.5 Å². The van der Waals surface area contributed by atoms with Crippen LogP contribution in [0, 0.1) is 74.4 Å². The van der Waals surface area contributed by atoms with E-state index in [2.05, 4.69) is 38.7 Å². The minimum absolute atomic E-state index is 0. The van der Waals surface area contributed by atoms with Crippen molar-refractivity contribution in [2.75, 3.05) is 36.1 Å². The number of halogens is 1. The molecular weight excluding hydrogens is 1420 g/mol. The van der Waals surface area contributed by atoms with E-state index in [1.165, 1.54) is 13.8 Å². The maximum absolute atomic E-state index is 12.4. The number of nitrogens with one attached hydrogen (secondary N) is 2. The first kappa shape index (κ1) is 62.4. The number of amides is 4. The van der Waals surface area contributed by atoms with Crippen LogP contribution in [0.2, 0.25) is 0 Å². The zero-order valence-electron chi connectivity index (χ0n) is 41.2. The Balaban J connectivity index is 0.000000278. The summed E-state index contributed by atoms with van der Waals surface area (Å²) in [6, 6.07) is 12.5. The summed E-state index contributed by atoms with van der Waals surface area (Å²) in [5, 5.41) is 5.35. The molecule has 4 amide bonds. The van der Waals surface area contributed by atoms with E-state index >= 15 is 0 Å². The summed E-state index contributed by atoms with van der Waals surface area (Å²) in [5.41, 5.74) is -0.415. The number of carbonyl (C=O) groups is 4. The average molecular weight is 1490 g/mol. The van der Waals surface area contributed by atoms with Gasteiger partial charge in [0, 0.05) is 87.6 Å². The van der Waals surface area contributed by atoms with Crippen LogP contribution in [0.25, 0.3) is 0 Å². The Morgan fingerprint density at radius 2 is 0.957 bits per heavy atom. The largest absolute Gasteiger partial charge is 0.515 e. The molecule has 0 spiro atoms. The number of cyclic esters (lactones) is 2. The predicted molar refractivity (Wildman–Crippen MR) is 261 cm³/mol. The van der Waals surface area contributed by atoms with Crippen LogP contribution in [0.15, 0.2) is 28.7 Å². The maximum Gasteiger partial charge on any atom is 0.488 e. The van der Waals surface area contributed by atoms with Gasteiger partial charge in [0.2, 0.25) is 11.8 Å². The monoisotopic (exact) mass is 1490 g/mol. The standard InChI is InChI=1S/C19H24BN2O6.C13H12BrN2O4.C12H24B2O4.2CH4.2U/c1-11(23)21-9-16-14-10-25-15-8-12(6-7-13(15)22(14)17(24)26-16)20-27-18(2,3)19(4,5)28-20;1-7(17)15-5-12-10-6-19-11-4-8(14)2-3-9(11)16(10)13(18)20-12;1-9(2)10(3,4)16-13(15-9)14-17-11(5,6)12(7,8)18-14;;;;/h7-8,14,16H,9-10H2,1-5H3,(H,21,23);3-4,10,12H,5-6H2,1H3,(H,15,17);1-8H3;2*1H4;;/q2*-1;;;;;/t14-,16-;10-,12-;;;;;/m00...../s1. The molecule has 0 unspecified atom stereocenters. The number of benzene rings is 2. The smallest absolute Gasteiger partial charge is 0.488 e. The third-order valence-electron chi connectivity index (χ3n) is 13.9. The molecule has 7 aliphatic rings. The molecule has 7 aliphatic heterocycles. The van der Waals surface area contributed by atoms with Crippen molar-refractivity contribution in [2.45, 2.75) is 170 Å². The summed E-state index contributed by atoms with van der Waals surface area (Å²) >= 11 is 3.31. The van der Waals surface area contributed by atoms with Crippen molar-refractivity contribution in [3.63, 3.8) is 0 Å². The molecule has 24 heteroatoms. The molecule has 2 N–H and O–H groups in total. The Kier molecular flexibility index (Phi) is 20.4. The molecule has 5 fully saturated rings. The Morgan fingerprint density at radius 1 is 0.614 bits per heavy atom. The van der Waals surface area contributed by atoms with Crippen LogP contribution in [-0.4, -0.2) is 129 Å². The molecule has 18 nitrogen and oxygen atoms in total. The fourth-order valence-corrected chi connectivity index (χ4v) is 8.20. The van der Waals surface area contributed by atoms with Crippen molar-refractivity contribution < 1.29 is 128 Å². The van der Waals surface area contributed by atoms with E-state index in [-0.39, 0.29) is 143 Å². The second-order valence-electron chi connectivity index (χ2n) is 20.2. The van der Waals surface area contributed by atoms with Crippen molar-refractivity contribution in [2.24, 2.45) is 0 Å². The normalized spacial score (nSPS) is 25.7. The Hall–Kier alpha value is -1.94. The van der Waals surface area contributed by atoms with E-state index in [4.69, 9.17) is 46.9 Å². The molecule has 0 saturated carbocycles. The Bertz CT molecular complexity index is 2160. The molecule has 0 radical (unpaired) electrons. The number of fused-ring (bicyclic) bond motifs is 6. The molecule has 2 aromatic carbocycles. The maximum atomic E-state index is 12.4. The van der Waals surface area contributed by atoms with Crippen molar-refractivity contribution in [3.05, 3.63) is 40.9 Å². The summed E-state index contributed by atoms with van der Waals surface area (Å²) < 4.78 is 59.1. The van der Waals surface area contributed by atoms with Gasteiger partial charge >= 0.3 is 33.3 Å². The zero-order valence-corrected chi connectivity index (χ0v) is 51.1. The van der Waals surface area contributed by atoms with Gasteiger partial charge in [0.25, 0.3) is 0 Å². The zero-order chi connectivity index (χ0) is 48.5. The van der Waals surface area contributed by atoms with Crippen LogP contribution in [-0.2, 0) is 47.0 Å². The number of rotatable bonds is 6. The van der Waals surface area contributed by atoms with Crippen molar-refractivity contribution in [3.8, 4) is 11.5 Å². The third-order valence-corrected chi connectivity index (χ3v) is 14.4. The molecule has 0 bridgehead atoms. The van der Waals surface area contributed by atoms with E-state index in [1.54, 1.807) is 34.1 Å². The molecule has 70 heavy (non-hydrogen) atoms. The topological polar surface area (TPSA) is 191 Å². The molecule has 7 heterocycles. The van der Waals surface area contributed by atoms with Crippen molar-refractivity contribution >= 4 is 77.9 Å². The fourth-order valence-electron chi connectivity index (χ4n) is 7.88. The minimum Gasteiger partial charge on any atom is -0.515 e. The van der Waals surface area contributed by atoms with Gasteiger partial charge in [-0.25, -0.2) is 9.59 Å². The van der Waals surface area contributed by atoms with Crippen LogP contribution < -0.4 is 35.4 Å². The molecule has 0 aromatic heterocycles. The second kappa shape index (κ2) is 22.9. The van der Waals surface area contributed by atoms with Gasteiger partial charge in [-0.3, -0.25) is 9.59 Å². The predicted octanol–water partition coefficient (Wildman–Crippen LogP) is 6.00. The van der Waals surface area contributed by atoms with Crippen LogP contribution >= 0.6 is 15.9 Å². The van der Waals surface area contributed by atoms with Crippen LogP contribution in [0.4, 0.5) is 21.0 Å². The van der Waals surface area contributed by atoms with Gasteiger partial charge < -0.3 is 67.3 Å². The molecule has 4 atom stereocenters. The van der Waals surface area contributed by atoms with Gasteiger partial charge in [0.1, 0.15) is 37.5 Å². The van der Waals surface area contributed by atoms with Crippen molar-refractivity contribution in [1.82, 2.24) is 10.6 Å². The summed E-state index contributed by atoms with van der Waals surface area (Å²) in [7, 11) is -1.51. The average Bonchev–Trinajstić information content (AvgIpc) is 3.91. The molecule has 0 aliphatic carbocycles. The van der Waals surface area contributed by atoms with Crippen LogP contribution in [0.1, 0.15) is 112 Å². The van der Waals surface area contributed by atoms with Gasteiger partial charge in [-0.1, -0.05) is 35.3 Å². The number of hydrogen-bond acceptors (Lipinski definition) is 14. The van der Waals surface area contributed by atoms with E-state index in [0.717, 1.165) is 4.47 Å². The molecular formula is C46H68B3BrN4O14U2-2. The van der Waals surface area contributed by atoms with E-state index in [0.29, 0.717) is 34.9 Å². The molecule has 382 valence electrons. The molecule has 9 rings (SSSR count). The first-order chi connectivity index (χ1) is 30.5. The van der Waals surface area contributed by atoms with E-state index < -0.39 is 56.7 Å². The first-order valence-corrected chi connectivity index (χ1v) is 22.9. The number of anilines is 2. The fraction of sp³-hybridized carbons (Fsp3) is 0.652. The molecule has 5 saturated heterocycles.